The predicted octanol–water partition coefficient (Wildman–Crippen LogP) is 5.41. The predicted molar refractivity (Wildman–Crippen MR) is 124 cm³/mol. The van der Waals surface area contributed by atoms with Crippen molar-refractivity contribution in [1.29, 1.82) is 0 Å². The standard InChI is InChI=1S/C24H30ClN3O3/c1-8-28-22(21(25)14(2)27-28)23(31-16(4)30-15(3)29)20(19-13-26-19)17-9-11-18(12-10-17)24(5,6)7/h9-13,16,19H,8H2,1-7H3/b23-20+. The largest absolute Gasteiger partial charge is 0.452 e. The molecular weight excluding hydrogens is 414 g/mol. The minimum absolute atomic E-state index is 0.0446. The summed E-state index contributed by atoms with van der Waals surface area (Å²) in [6.45, 7) is 14.0. The molecular formula is C24H30ClN3O3. The lowest BCUT2D eigenvalue weighted by molar-refractivity contribution is -0.161. The molecule has 3 rings (SSSR count). The molecule has 0 amide bonds. The third-order valence-electron chi connectivity index (χ3n) is 5.09. The molecule has 2 atom stereocenters. The van der Waals surface area contributed by atoms with E-state index in [9.17, 15) is 4.79 Å². The third kappa shape index (κ3) is 5.18. The van der Waals surface area contributed by atoms with Crippen LogP contribution in [0.5, 0.6) is 0 Å². The molecule has 2 aromatic rings. The maximum Gasteiger partial charge on any atom is 0.305 e. The van der Waals surface area contributed by atoms with Crippen molar-refractivity contribution in [2.75, 3.05) is 0 Å². The smallest absolute Gasteiger partial charge is 0.305 e. The number of hydrogen-bond acceptors (Lipinski definition) is 5. The second-order valence-corrected chi connectivity index (χ2v) is 9.05. The molecule has 2 unspecified atom stereocenters. The van der Waals surface area contributed by atoms with E-state index in [0.717, 1.165) is 11.1 Å². The van der Waals surface area contributed by atoms with Crippen LogP contribution in [0, 0.1) is 6.92 Å². The number of benzene rings is 1. The van der Waals surface area contributed by atoms with Crippen LogP contribution in [0.1, 0.15) is 64.1 Å². The number of hydrogen-bond donors (Lipinski definition) is 0. The van der Waals surface area contributed by atoms with Gasteiger partial charge >= 0.3 is 5.97 Å². The number of esters is 1. The van der Waals surface area contributed by atoms with Gasteiger partial charge in [-0.1, -0.05) is 56.6 Å². The van der Waals surface area contributed by atoms with Gasteiger partial charge in [0.05, 0.1) is 10.7 Å². The minimum Gasteiger partial charge on any atom is -0.452 e. The summed E-state index contributed by atoms with van der Waals surface area (Å²) in [5.41, 5.74) is 4.48. The van der Waals surface area contributed by atoms with Gasteiger partial charge in [0.15, 0.2) is 5.76 Å². The van der Waals surface area contributed by atoms with Crippen molar-refractivity contribution in [2.45, 2.75) is 72.8 Å². The zero-order valence-electron chi connectivity index (χ0n) is 19.2. The van der Waals surface area contributed by atoms with Gasteiger partial charge in [-0.2, -0.15) is 5.10 Å². The van der Waals surface area contributed by atoms with E-state index in [1.54, 1.807) is 11.6 Å². The Labute approximate surface area is 188 Å². The zero-order valence-corrected chi connectivity index (χ0v) is 19.9. The molecule has 7 heteroatoms. The quantitative estimate of drug-likeness (QED) is 0.326. The SMILES string of the molecule is CCn1nc(C)c(Cl)c1/C(OC(C)OC(C)=O)=C(/c1ccc(C(C)(C)C)cc1)C1C=N1. The van der Waals surface area contributed by atoms with Gasteiger partial charge in [-0.3, -0.25) is 14.5 Å². The molecule has 0 radical (unpaired) electrons. The normalized spacial score (nSPS) is 17.2. The fourth-order valence-corrected chi connectivity index (χ4v) is 3.68. The van der Waals surface area contributed by atoms with Crippen molar-refractivity contribution in [3.8, 4) is 0 Å². The Morgan fingerprint density at radius 3 is 2.32 bits per heavy atom. The highest BCUT2D eigenvalue weighted by molar-refractivity contribution is 6.33. The number of nitrogens with zero attached hydrogens (tertiary/aromatic N) is 3. The highest BCUT2D eigenvalue weighted by Gasteiger charge is 2.31. The molecule has 0 fully saturated rings. The van der Waals surface area contributed by atoms with Gasteiger partial charge in [0, 0.05) is 32.2 Å². The van der Waals surface area contributed by atoms with Crippen LogP contribution < -0.4 is 0 Å². The Morgan fingerprint density at radius 2 is 1.84 bits per heavy atom. The van der Waals surface area contributed by atoms with Crippen molar-refractivity contribution in [2.24, 2.45) is 4.99 Å². The fraction of sp³-hybridized carbons (Fsp3) is 0.458. The molecule has 6 nitrogen and oxygen atoms in total. The summed E-state index contributed by atoms with van der Waals surface area (Å²) in [6, 6.07) is 8.26. The second-order valence-electron chi connectivity index (χ2n) is 8.67. The first-order valence-corrected chi connectivity index (χ1v) is 10.9. The molecule has 1 aliphatic heterocycles. The van der Waals surface area contributed by atoms with E-state index in [-0.39, 0.29) is 11.5 Å². The molecule has 1 aromatic heterocycles. The van der Waals surface area contributed by atoms with Crippen LogP contribution >= 0.6 is 11.6 Å². The molecule has 0 spiro atoms. The van der Waals surface area contributed by atoms with Crippen molar-refractivity contribution < 1.29 is 14.3 Å². The zero-order chi connectivity index (χ0) is 22.9. The Kier molecular flexibility index (Phi) is 6.60. The molecule has 2 heterocycles. The van der Waals surface area contributed by atoms with E-state index in [2.05, 4.69) is 55.1 Å². The number of ether oxygens (including phenoxy) is 2. The molecule has 0 saturated heterocycles. The summed E-state index contributed by atoms with van der Waals surface area (Å²) in [5.74, 6) is 0.101. The maximum absolute atomic E-state index is 11.5. The van der Waals surface area contributed by atoms with Crippen LogP contribution in [0.4, 0.5) is 0 Å². The third-order valence-corrected chi connectivity index (χ3v) is 5.54. The number of carbonyl (C=O) groups excluding carboxylic acids is 1. The molecule has 31 heavy (non-hydrogen) atoms. The van der Waals surface area contributed by atoms with E-state index >= 15 is 0 Å². The molecule has 0 saturated carbocycles. The van der Waals surface area contributed by atoms with Crippen LogP contribution in [0.15, 0.2) is 29.3 Å². The van der Waals surface area contributed by atoms with Gasteiger partial charge in [-0.05, 0) is 30.4 Å². The van der Waals surface area contributed by atoms with Gasteiger partial charge in [-0.15, -0.1) is 0 Å². The van der Waals surface area contributed by atoms with Crippen LogP contribution in [0.3, 0.4) is 0 Å². The number of aliphatic imine (C=N–C) groups is 1. The van der Waals surface area contributed by atoms with Gasteiger partial charge < -0.3 is 9.47 Å². The highest BCUT2D eigenvalue weighted by atomic mass is 35.5. The van der Waals surface area contributed by atoms with Gasteiger partial charge in [0.25, 0.3) is 0 Å². The lowest BCUT2D eigenvalue weighted by Gasteiger charge is -2.22. The van der Waals surface area contributed by atoms with Crippen molar-refractivity contribution >= 4 is 35.1 Å². The van der Waals surface area contributed by atoms with Gasteiger partial charge in [-0.25, -0.2) is 0 Å². The summed E-state index contributed by atoms with van der Waals surface area (Å²) < 4.78 is 13.3. The average molecular weight is 444 g/mol. The molecule has 1 aliphatic rings. The molecule has 0 aliphatic carbocycles. The maximum atomic E-state index is 11.5. The topological polar surface area (TPSA) is 65.7 Å². The Bertz CT molecular complexity index is 1020. The van der Waals surface area contributed by atoms with E-state index < -0.39 is 12.3 Å². The summed E-state index contributed by atoms with van der Waals surface area (Å²) in [6.07, 6.45) is 1.06. The van der Waals surface area contributed by atoms with E-state index in [1.165, 1.54) is 12.5 Å². The van der Waals surface area contributed by atoms with Gasteiger partial charge in [0.2, 0.25) is 6.29 Å². The van der Waals surface area contributed by atoms with Gasteiger partial charge in [0.1, 0.15) is 11.7 Å². The number of halogens is 1. The minimum atomic E-state index is -0.799. The Hall–Kier alpha value is -2.60. The summed E-state index contributed by atoms with van der Waals surface area (Å²) in [7, 11) is 0. The Balaban J connectivity index is 2.19. The van der Waals surface area contributed by atoms with Crippen molar-refractivity contribution in [3.63, 3.8) is 0 Å². The van der Waals surface area contributed by atoms with Crippen LogP contribution in [-0.2, 0) is 26.2 Å². The van der Waals surface area contributed by atoms with E-state index in [4.69, 9.17) is 21.1 Å². The molecule has 1 aromatic carbocycles. The highest BCUT2D eigenvalue weighted by Crippen LogP contribution is 2.39. The Morgan fingerprint density at radius 1 is 1.23 bits per heavy atom. The molecule has 166 valence electrons. The van der Waals surface area contributed by atoms with E-state index in [0.29, 0.717) is 28.7 Å². The molecule has 0 N–H and O–H groups in total. The number of aryl methyl sites for hydroxylation is 2. The second kappa shape index (κ2) is 8.87. The van der Waals surface area contributed by atoms with Crippen LogP contribution in [0.2, 0.25) is 5.02 Å². The number of aromatic nitrogens is 2. The first-order chi connectivity index (χ1) is 14.5. The lowest BCUT2D eigenvalue weighted by atomic mass is 9.86. The first-order valence-electron chi connectivity index (χ1n) is 10.5. The fourth-order valence-electron chi connectivity index (χ4n) is 3.45. The summed E-state index contributed by atoms with van der Waals surface area (Å²) in [5, 5.41) is 5.05. The van der Waals surface area contributed by atoms with Crippen LogP contribution in [-0.4, -0.2) is 34.3 Å². The van der Waals surface area contributed by atoms with Crippen LogP contribution in [0.25, 0.3) is 11.3 Å². The average Bonchev–Trinajstić information content (AvgIpc) is 3.46. The lowest BCUT2D eigenvalue weighted by Crippen LogP contribution is -2.19. The van der Waals surface area contributed by atoms with Crippen molar-refractivity contribution in [3.05, 3.63) is 51.8 Å². The van der Waals surface area contributed by atoms with Crippen molar-refractivity contribution in [1.82, 2.24) is 9.78 Å². The number of carbonyl (C=O) groups is 1. The summed E-state index contributed by atoms with van der Waals surface area (Å²) >= 11 is 6.67. The summed E-state index contributed by atoms with van der Waals surface area (Å²) in [4.78, 5) is 15.9. The monoisotopic (exact) mass is 443 g/mol. The molecule has 0 bridgehead atoms. The number of rotatable bonds is 7. The first kappa shape index (κ1) is 23.1. The van der Waals surface area contributed by atoms with E-state index in [1.807, 2.05) is 20.1 Å².